The predicted octanol–water partition coefficient (Wildman–Crippen LogP) is 0.138. The quantitative estimate of drug-likeness (QED) is 0.774. The first-order valence-electron chi connectivity index (χ1n) is 5.79. The Morgan fingerprint density at radius 1 is 1.25 bits per heavy atom. The highest BCUT2D eigenvalue weighted by Crippen LogP contribution is 2.13. The van der Waals surface area contributed by atoms with Crippen LogP contribution in [-0.4, -0.2) is 57.5 Å². The van der Waals surface area contributed by atoms with E-state index in [9.17, 15) is 8.42 Å². The summed E-state index contributed by atoms with van der Waals surface area (Å²) in [5, 5.41) is 3.40. The van der Waals surface area contributed by atoms with Crippen molar-refractivity contribution in [2.45, 2.75) is 12.8 Å². The van der Waals surface area contributed by atoms with E-state index in [1.54, 1.807) is 0 Å². The maximum Gasteiger partial charge on any atom is 0.152 e. The zero-order chi connectivity index (χ0) is 10.7. The van der Waals surface area contributed by atoms with Gasteiger partial charge in [-0.15, -0.1) is 12.4 Å². The maximum atomic E-state index is 11.2. The molecule has 0 bridgehead atoms. The molecule has 0 radical (unpaired) electrons. The Morgan fingerprint density at radius 2 is 1.94 bits per heavy atom. The van der Waals surface area contributed by atoms with Crippen LogP contribution in [0.3, 0.4) is 0 Å². The molecule has 0 aliphatic carbocycles. The van der Waals surface area contributed by atoms with Gasteiger partial charge in [0.1, 0.15) is 0 Å². The van der Waals surface area contributed by atoms with Gasteiger partial charge in [0.2, 0.25) is 0 Å². The molecule has 0 spiro atoms. The van der Waals surface area contributed by atoms with Crippen molar-refractivity contribution in [3.05, 3.63) is 0 Å². The minimum Gasteiger partial charge on any atom is -0.316 e. The molecule has 0 aromatic heterocycles. The summed E-state index contributed by atoms with van der Waals surface area (Å²) in [7, 11) is -2.71. The molecule has 96 valence electrons. The number of nitrogens with zero attached hydrogens (tertiary/aromatic N) is 1. The molecule has 1 unspecified atom stereocenters. The normalized spacial score (nSPS) is 30.6. The second-order valence-corrected chi connectivity index (χ2v) is 6.97. The van der Waals surface area contributed by atoms with Crippen LogP contribution in [0.15, 0.2) is 0 Å². The average Bonchev–Trinajstić information content (AvgIpc) is 2.23. The van der Waals surface area contributed by atoms with Gasteiger partial charge in [-0.05, 0) is 31.8 Å². The van der Waals surface area contributed by atoms with Gasteiger partial charge in [0.05, 0.1) is 11.5 Å². The third-order valence-electron chi connectivity index (χ3n) is 3.35. The van der Waals surface area contributed by atoms with Gasteiger partial charge >= 0.3 is 0 Å². The van der Waals surface area contributed by atoms with Crippen LogP contribution in [0.2, 0.25) is 0 Å². The molecular weight excluding hydrogens is 248 g/mol. The van der Waals surface area contributed by atoms with Crippen molar-refractivity contribution in [1.29, 1.82) is 0 Å². The number of sulfone groups is 1. The van der Waals surface area contributed by atoms with E-state index in [1.807, 2.05) is 0 Å². The number of halogens is 1. The maximum absolute atomic E-state index is 11.2. The summed E-state index contributed by atoms with van der Waals surface area (Å²) in [6.45, 7) is 4.79. The smallest absolute Gasteiger partial charge is 0.152 e. The standard InChI is InChI=1S/C10H20N2O2S.ClH/c13-15(14)6-4-12(5-7-15)9-10-2-1-3-11-8-10;/h10-11H,1-9H2;1H. The molecule has 0 saturated carbocycles. The Labute approximate surface area is 104 Å². The summed E-state index contributed by atoms with van der Waals surface area (Å²) in [6.07, 6.45) is 2.55. The lowest BCUT2D eigenvalue weighted by Gasteiger charge is -2.32. The Morgan fingerprint density at radius 3 is 2.50 bits per heavy atom. The highest BCUT2D eigenvalue weighted by Gasteiger charge is 2.24. The molecule has 2 heterocycles. The molecule has 6 heteroatoms. The first-order valence-corrected chi connectivity index (χ1v) is 7.61. The Bertz CT molecular complexity index is 288. The van der Waals surface area contributed by atoms with Crippen LogP contribution < -0.4 is 5.32 Å². The van der Waals surface area contributed by atoms with Crippen LogP contribution in [0.25, 0.3) is 0 Å². The van der Waals surface area contributed by atoms with Crippen LogP contribution in [0.5, 0.6) is 0 Å². The summed E-state index contributed by atoms with van der Waals surface area (Å²) < 4.78 is 22.5. The Kier molecular flexibility index (Phi) is 5.50. The van der Waals surface area contributed by atoms with Crippen molar-refractivity contribution < 1.29 is 8.42 Å². The largest absolute Gasteiger partial charge is 0.316 e. The fraction of sp³-hybridized carbons (Fsp3) is 1.00. The van der Waals surface area contributed by atoms with Crippen molar-refractivity contribution in [3.63, 3.8) is 0 Å². The third-order valence-corrected chi connectivity index (χ3v) is 4.96. The molecule has 2 aliphatic rings. The van der Waals surface area contributed by atoms with Gasteiger partial charge in [0.15, 0.2) is 9.84 Å². The lowest BCUT2D eigenvalue weighted by atomic mass is 9.99. The topological polar surface area (TPSA) is 49.4 Å². The van der Waals surface area contributed by atoms with Crippen LogP contribution in [0.4, 0.5) is 0 Å². The van der Waals surface area contributed by atoms with Gasteiger partial charge in [-0.1, -0.05) is 0 Å². The summed E-state index contributed by atoms with van der Waals surface area (Å²) >= 11 is 0. The zero-order valence-electron chi connectivity index (χ0n) is 9.52. The van der Waals surface area contributed by atoms with E-state index >= 15 is 0 Å². The minimum absolute atomic E-state index is 0. The van der Waals surface area contributed by atoms with E-state index in [1.165, 1.54) is 12.8 Å². The van der Waals surface area contributed by atoms with Gasteiger partial charge in [-0.2, -0.15) is 0 Å². The Hall–Kier alpha value is 0.160. The summed E-state index contributed by atoms with van der Waals surface area (Å²) in [6, 6.07) is 0. The average molecular weight is 269 g/mol. The lowest BCUT2D eigenvalue weighted by Crippen LogP contribution is -2.45. The molecule has 4 nitrogen and oxygen atoms in total. The van der Waals surface area contributed by atoms with Crippen LogP contribution in [-0.2, 0) is 9.84 Å². The molecule has 2 aliphatic heterocycles. The third kappa shape index (κ3) is 4.20. The van der Waals surface area contributed by atoms with Crippen molar-refractivity contribution in [2.75, 3.05) is 44.2 Å². The monoisotopic (exact) mass is 268 g/mol. The van der Waals surface area contributed by atoms with E-state index in [2.05, 4.69) is 10.2 Å². The second kappa shape index (κ2) is 6.19. The molecule has 0 amide bonds. The molecular formula is C10H21ClN2O2S. The predicted molar refractivity (Wildman–Crippen MR) is 67.9 cm³/mol. The number of hydrogen-bond donors (Lipinski definition) is 1. The zero-order valence-corrected chi connectivity index (χ0v) is 11.2. The number of nitrogens with one attached hydrogen (secondary N) is 1. The highest BCUT2D eigenvalue weighted by atomic mass is 35.5. The fourth-order valence-corrected chi connectivity index (χ4v) is 3.65. The van der Waals surface area contributed by atoms with Crippen molar-refractivity contribution in [3.8, 4) is 0 Å². The van der Waals surface area contributed by atoms with Gasteiger partial charge in [0.25, 0.3) is 0 Å². The van der Waals surface area contributed by atoms with Gasteiger partial charge in [-0.25, -0.2) is 8.42 Å². The van der Waals surface area contributed by atoms with Gasteiger partial charge < -0.3 is 10.2 Å². The molecule has 16 heavy (non-hydrogen) atoms. The molecule has 2 fully saturated rings. The fourth-order valence-electron chi connectivity index (χ4n) is 2.38. The number of rotatable bonds is 2. The SMILES string of the molecule is Cl.O=S1(=O)CCN(CC2CCCNC2)CC1. The van der Waals surface area contributed by atoms with E-state index in [4.69, 9.17) is 0 Å². The van der Waals surface area contributed by atoms with Gasteiger partial charge in [-0.3, -0.25) is 0 Å². The molecule has 0 aromatic carbocycles. The summed E-state index contributed by atoms with van der Waals surface area (Å²) in [4.78, 5) is 2.30. The highest BCUT2D eigenvalue weighted by molar-refractivity contribution is 7.91. The molecule has 0 aromatic rings. The lowest BCUT2D eigenvalue weighted by molar-refractivity contribution is 0.221. The summed E-state index contributed by atoms with van der Waals surface area (Å²) in [5.74, 6) is 1.43. The Balaban J connectivity index is 0.00000128. The molecule has 1 N–H and O–H groups in total. The second-order valence-electron chi connectivity index (χ2n) is 4.66. The van der Waals surface area contributed by atoms with Gasteiger partial charge in [0, 0.05) is 19.6 Å². The molecule has 2 rings (SSSR count). The minimum atomic E-state index is -2.71. The van der Waals surface area contributed by atoms with E-state index in [0.717, 1.165) is 38.6 Å². The molecule has 2 saturated heterocycles. The molecule has 1 atom stereocenters. The van der Waals surface area contributed by atoms with Crippen LogP contribution >= 0.6 is 12.4 Å². The van der Waals surface area contributed by atoms with Crippen LogP contribution in [0.1, 0.15) is 12.8 Å². The van der Waals surface area contributed by atoms with E-state index in [-0.39, 0.29) is 12.4 Å². The van der Waals surface area contributed by atoms with Crippen molar-refractivity contribution >= 4 is 22.2 Å². The van der Waals surface area contributed by atoms with E-state index < -0.39 is 9.84 Å². The van der Waals surface area contributed by atoms with E-state index in [0.29, 0.717) is 11.5 Å². The van der Waals surface area contributed by atoms with Crippen LogP contribution in [0, 0.1) is 5.92 Å². The summed E-state index contributed by atoms with van der Waals surface area (Å²) in [5.41, 5.74) is 0. The number of hydrogen-bond acceptors (Lipinski definition) is 4. The van der Waals surface area contributed by atoms with Crippen molar-refractivity contribution in [2.24, 2.45) is 5.92 Å². The first-order chi connectivity index (χ1) is 7.16. The first kappa shape index (κ1) is 14.2. The van der Waals surface area contributed by atoms with Crippen molar-refractivity contribution in [1.82, 2.24) is 10.2 Å². The number of piperidine rings is 1.